The molecular weight excluding hydrogens is 411 g/mol. The van der Waals surface area contributed by atoms with Crippen LogP contribution in [0.3, 0.4) is 0 Å². The Kier molecular flexibility index (Phi) is 5.94. The Balaban J connectivity index is 1.62. The average molecular weight is 436 g/mol. The molecule has 1 aromatic carbocycles. The number of hydrogen-bond donors (Lipinski definition) is 0. The van der Waals surface area contributed by atoms with Crippen LogP contribution in [0.1, 0.15) is 36.8 Å². The van der Waals surface area contributed by atoms with Crippen LogP contribution in [0.5, 0.6) is 5.75 Å². The normalized spacial score (nSPS) is 18.5. The number of benzene rings is 1. The highest BCUT2D eigenvalue weighted by molar-refractivity contribution is 5.96. The van der Waals surface area contributed by atoms with Crippen LogP contribution in [-0.4, -0.2) is 45.1 Å². The van der Waals surface area contributed by atoms with Crippen LogP contribution >= 0.6 is 0 Å². The number of rotatable bonds is 5. The minimum absolute atomic E-state index is 0.197. The molecule has 0 saturated carbocycles. The second-order valence-electron chi connectivity index (χ2n) is 7.83. The lowest BCUT2D eigenvalue weighted by molar-refractivity contribution is -0.141. The van der Waals surface area contributed by atoms with E-state index in [4.69, 9.17) is 9.47 Å². The predicted molar refractivity (Wildman–Crippen MR) is 118 cm³/mol. The monoisotopic (exact) mass is 436 g/mol. The third-order valence-corrected chi connectivity index (χ3v) is 5.39. The summed E-state index contributed by atoms with van der Waals surface area (Å²) in [5.74, 6) is 0.237. The molecular formula is C24H25FN4O3. The van der Waals surface area contributed by atoms with Crippen molar-refractivity contribution in [3.8, 4) is 11.4 Å². The molecule has 3 heterocycles. The van der Waals surface area contributed by atoms with E-state index in [0.717, 1.165) is 23.1 Å². The minimum atomic E-state index is -0.411. The zero-order valence-corrected chi connectivity index (χ0v) is 18.4. The van der Waals surface area contributed by atoms with E-state index in [9.17, 15) is 9.18 Å². The van der Waals surface area contributed by atoms with E-state index in [1.165, 1.54) is 6.07 Å². The Hall–Kier alpha value is -3.68. The van der Waals surface area contributed by atoms with Crippen LogP contribution in [0.15, 0.2) is 54.8 Å². The van der Waals surface area contributed by atoms with Crippen molar-refractivity contribution in [2.45, 2.75) is 32.9 Å². The largest absolute Gasteiger partial charge is 0.495 e. The Morgan fingerprint density at radius 3 is 2.75 bits per heavy atom. The first-order valence-electron chi connectivity index (χ1n) is 10.4. The van der Waals surface area contributed by atoms with Crippen molar-refractivity contribution in [1.82, 2.24) is 19.4 Å². The number of amides is 1. The summed E-state index contributed by atoms with van der Waals surface area (Å²) in [4.78, 5) is 23.3. The number of carbonyl (C=O) groups excluding carboxylic acids is 1. The second-order valence-corrected chi connectivity index (χ2v) is 7.83. The molecule has 1 aliphatic heterocycles. The molecule has 2 atom stereocenters. The van der Waals surface area contributed by atoms with Crippen LogP contribution < -0.4 is 4.74 Å². The molecule has 8 heteroatoms. The smallest absolute Gasteiger partial charge is 0.289 e. The molecule has 0 aliphatic carbocycles. The number of aryl methyl sites for hydroxylation is 1. The number of morpholine rings is 1. The molecule has 2 aromatic heterocycles. The minimum Gasteiger partial charge on any atom is -0.495 e. The molecule has 1 unspecified atom stereocenters. The fourth-order valence-corrected chi connectivity index (χ4v) is 3.73. The fourth-order valence-electron chi connectivity index (χ4n) is 3.73. The van der Waals surface area contributed by atoms with Gasteiger partial charge in [0.1, 0.15) is 17.7 Å². The number of pyridine rings is 1. The number of ether oxygens (including phenoxy) is 2. The zero-order valence-electron chi connectivity index (χ0n) is 18.4. The Bertz CT molecular complexity index is 1160. The molecule has 0 radical (unpaired) electrons. The van der Waals surface area contributed by atoms with Gasteiger partial charge in [-0.25, -0.2) is 9.37 Å². The van der Waals surface area contributed by atoms with Gasteiger partial charge in [0.2, 0.25) is 0 Å². The van der Waals surface area contributed by atoms with Crippen molar-refractivity contribution in [1.29, 1.82) is 0 Å². The third kappa shape index (κ3) is 4.34. The van der Waals surface area contributed by atoms with E-state index in [2.05, 4.69) is 9.97 Å². The topological polar surface area (TPSA) is 69.5 Å². The number of methoxy groups -OCH3 is 1. The Morgan fingerprint density at radius 2 is 2.09 bits per heavy atom. The molecule has 32 heavy (non-hydrogen) atoms. The van der Waals surface area contributed by atoms with Gasteiger partial charge >= 0.3 is 0 Å². The summed E-state index contributed by atoms with van der Waals surface area (Å²) in [7, 11) is 1.60. The van der Waals surface area contributed by atoms with Gasteiger partial charge in [-0.15, -0.1) is 0 Å². The summed E-state index contributed by atoms with van der Waals surface area (Å²) in [6.07, 6.45) is 6.31. The van der Waals surface area contributed by atoms with Crippen molar-refractivity contribution < 1.29 is 18.7 Å². The van der Waals surface area contributed by atoms with Crippen molar-refractivity contribution in [3.63, 3.8) is 0 Å². The fraction of sp³-hybridized carbons (Fsp3) is 0.292. The zero-order chi connectivity index (χ0) is 22.8. The molecule has 0 bridgehead atoms. The van der Waals surface area contributed by atoms with Crippen molar-refractivity contribution in [2.75, 3.05) is 13.7 Å². The number of halogens is 1. The van der Waals surface area contributed by atoms with Gasteiger partial charge in [-0.2, -0.15) is 0 Å². The van der Waals surface area contributed by atoms with Gasteiger partial charge in [-0.05, 0) is 56.7 Å². The van der Waals surface area contributed by atoms with Crippen LogP contribution in [0, 0.1) is 12.7 Å². The summed E-state index contributed by atoms with van der Waals surface area (Å²) >= 11 is 0. The Labute approximate surface area is 186 Å². The molecule has 3 aromatic rings. The first-order chi connectivity index (χ1) is 15.4. The second kappa shape index (κ2) is 8.82. The molecule has 166 valence electrons. The molecule has 1 amide bonds. The van der Waals surface area contributed by atoms with E-state index in [0.29, 0.717) is 18.0 Å². The van der Waals surface area contributed by atoms with Crippen LogP contribution in [-0.2, 0) is 9.53 Å². The predicted octanol–water partition coefficient (Wildman–Crippen LogP) is 4.07. The average Bonchev–Trinajstić information content (AvgIpc) is 3.22. The van der Waals surface area contributed by atoms with Crippen molar-refractivity contribution in [3.05, 3.63) is 77.6 Å². The van der Waals surface area contributed by atoms with Crippen LogP contribution in [0.2, 0.25) is 0 Å². The standard InChI is InChI=1S/C24H25FN4O3/c1-15-12-28(14-27-15)21-8-5-18(9-22(21)31-4)10-23-24(30)29(13-16(2)32-23)17(3)20-7-6-19(25)11-26-20/h5-12,14,16-17H,13H2,1-4H3/t16?,17-/m0/s1. The van der Waals surface area contributed by atoms with Crippen LogP contribution in [0.25, 0.3) is 11.8 Å². The van der Waals surface area contributed by atoms with Crippen molar-refractivity contribution >= 4 is 12.0 Å². The first kappa shape index (κ1) is 21.5. The van der Waals surface area contributed by atoms with Gasteiger partial charge in [0.05, 0.1) is 49.3 Å². The highest BCUT2D eigenvalue weighted by atomic mass is 19.1. The SMILES string of the molecule is COc1cc(C=C2OC(C)CN([C@@H](C)c3ccc(F)cn3)C2=O)ccc1-n1cnc(C)c1. The molecule has 1 saturated heterocycles. The lowest BCUT2D eigenvalue weighted by Gasteiger charge is -2.36. The summed E-state index contributed by atoms with van der Waals surface area (Å²) in [6.45, 7) is 6.11. The molecule has 1 aliphatic rings. The highest BCUT2D eigenvalue weighted by Crippen LogP contribution is 2.29. The van der Waals surface area contributed by atoms with Crippen molar-refractivity contribution in [2.24, 2.45) is 0 Å². The quantitative estimate of drug-likeness (QED) is 0.564. The number of aromatic nitrogens is 3. The van der Waals surface area contributed by atoms with Gasteiger partial charge in [-0.1, -0.05) is 6.07 Å². The van der Waals surface area contributed by atoms with Gasteiger partial charge in [0.25, 0.3) is 5.91 Å². The maximum Gasteiger partial charge on any atom is 0.289 e. The third-order valence-electron chi connectivity index (χ3n) is 5.39. The van der Waals surface area contributed by atoms with Gasteiger partial charge in [-0.3, -0.25) is 9.78 Å². The maximum absolute atomic E-state index is 13.2. The molecule has 0 N–H and O–H groups in total. The molecule has 0 spiro atoms. The van der Waals surface area contributed by atoms with Gasteiger partial charge in [0.15, 0.2) is 5.76 Å². The molecule has 1 fully saturated rings. The van der Waals surface area contributed by atoms with Crippen LogP contribution in [0.4, 0.5) is 4.39 Å². The lowest BCUT2D eigenvalue weighted by atomic mass is 10.1. The Morgan fingerprint density at radius 1 is 1.28 bits per heavy atom. The number of carbonyl (C=O) groups is 1. The number of imidazole rings is 1. The number of hydrogen-bond acceptors (Lipinski definition) is 5. The number of nitrogens with zero attached hydrogens (tertiary/aromatic N) is 4. The van der Waals surface area contributed by atoms with E-state index in [-0.39, 0.29) is 23.8 Å². The highest BCUT2D eigenvalue weighted by Gasteiger charge is 2.33. The first-order valence-corrected chi connectivity index (χ1v) is 10.4. The summed E-state index contributed by atoms with van der Waals surface area (Å²) < 4.78 is 26.6. The molecule has 7 nitrogen and oxygen atoms in total. The van der Waals surface area contributed by atoms with E-state index in [1.54, 1.807) is 30.5 Å². The summed E-state index contributed by atoms with van der Waals surface area (Å²) in [5, 5.41) is 0. The van der Waals surface area contributed by atoms with E-state index >= 15 is 0 Å². The lowest BCUT2D eigenvalue weighted by Crippen LogP contribution is -2.45. The maximum atomic E-state index is 13.2. The van der Waals surface area contributed by atoms with Gasteiger partial charge < -0.3 is 18.9 Å². The van der Waals surface area contributed by atoms with Gasteiger partial charge in [0, 0.05) is 6.20 Å². The molecule has 4 rings (SSSR count). The summed E-state index contributed by atoms with van der Waals surface area (Å²) in [5.41, 5.74) is 3.14. The summed E-state index contributed by atoms with van der Waals surface area (Å²) in [6, 6.07) is 8.28. The van der Waals surface area contributed by atoms with E-state index < -0.39 is 5.82 Å². The van der Waals surface area contributed by atoms with E-state index in [1.807, 2.05) is 49.7 Å².